The number of hydrogen-bond acceptors (Lipinski definition) is 12. The second-order valence-corrected chi connectivity index (χ2v) is 24.1. The number of likely N-dealkylation sites (tertiary alicyclic amines) is 1. The Balaban J connectivity index is 0.842. The SMILES string of the molecule is Cc1cc(S(=O)(=O)Nc2ccc(N3CCN(c4cccc(-c5c(C(=O)N6CCN(C[SH](=O)=O)CC6)c(C)n(C)c5-c5ccc(F)cc5)c4)CC3)cc2)ccc1N[C@H](CCN1CCC(C)(O)CC1)CSc1ccccc1. The van der Waals surface area contributed by atoms with E-state index >= 15 is 0 Å². The van der Waals surface area contributed by atoms with Gasteiger partial charge in [0.25, 0.3) is 15.9 Å². The van der Waals surface area contributed by atoms with Gasteiger partial charge in [0.15, 0.2) is 10.7 Å². The quantitative estimate of drug-likeness (QED) is 0.0484. The van der Waals surface area contributed by atoms with Gasteiger partial charge >= 0.3 is 0 Å². The van der Waals surface area contributed by atoms with Gasteiger partial charge in [-0.1, -0.05) is 30.3 Å². The number of rotatable bonds is 18. The molecule has 398 valence electrons. The fourth-order valence-electron chi connectivity index (χ4n) is 10.4. The van der Waals surface area contributed by atoms with Crippen LogP contribution in [0.3, 0.4) is 0 Å². The minimum absolute atomic E-state index is 0.0284. The summed E-state index contributed by atoms with van der Waals surface area (Å²) in [6, 6.07) is 37.8. The molecule has 0 saturated carbocycles. The number of amides is 1. The lowest BCUT2D eigenvalue weighted by molar-refractivity contribution is -0.00556. The molecule has 0 bridgehead atoms. The highest BCUT2D eigenvalue weighted by molar-refractivity contribution is 7.99. The highest BCUT2D eigenvalue weighted by Crippen LogP contribution is 2.41. The molecular formula is C57H69FN8O6S3. The second-order valence-electron chi connectivity index (χ2n) is 20.4. The van der Waals surface area contributed by atoms with Gasteiger partial charge in [0.05, 0.1) is 27.6 Å². The van der Waals surface area contributed by atoms with Crippen molar-refractivity contribution in [2.24, 2.45) is 7.05 Å². The lowest BCUT2D eigenvalue weighted by Crippen LogP contribution is -2.49. The first-order valence-electron chi connectivity index (χ1n) is 25.8. The summed E-state index contributed by atoms with van der Waals surface area (Å²) >= 11 is 1.80. The first kappa shape index (κ1) is 53.9. The topological polar surface area (TPSA) is 151 Å². The first-order chi connectivity index (χ1) is 36.0. The van der Waals surface area contributed by atoms with Crippen LogP contribution >= 0.6 is 11.8 Å². The van der Waals surface area contributed by atoms with Crippen molar-refractivity contribution in [3.8, 4) is 22.4 Å². The van der Waals surface area contributed by atoms with E-state index in [-0.39, 0.29) is 28.5 Å². The minimum Gasteiger partial charge on any atom is -0.390 e. The zero-order valence-corrected chi connectivity index (χ0v) is 45.8. The maximum atomic E-state index is 14.5. The molecule has 3 saturated heterocycles. The number of nitrogens with one attached hydrogen (secondary N) is 2. The number of benzene rings is 5. The highest BCUT2D eigenvalue weighted by Gasteiger charge is 2.32. The number of aromatic nitrogens is 1. The number of aliphatic hydroxyl groups is 1. The van der Waals surface area contributed by atoms with Gasteiger partial charge in [-0.25, -0.2) is 21.2 Å². The number of halogens is 1. The Morgan fingerprint density at radius 2 is 1.43 bits per heavy atom. The Morgan fingerprint density at radius 1 is 0.760 bits per heavy atom. The molecule has 0 unspecified atom stereocenters. The fraction of sp³-hybridized carbons (Fsp3) is 0.386. The number of piperazine rings is 2. The van der Waals surface area contributed by atoms with Crippen molar-refractivity contribution in [2.45, 2.75) is 61.5 Å². The maximum Gasteiger partial charge on any atom is 0.261 e. The molecule has 75 heavy (non-hydrogen) atoms. The number of hydrogen-bond donors (Lipinski definition) is 4. The van der Waals surface area contributed by atoms with E-state index in [1.165, 1.54) is 17.0 Å². The monoisotopic (exact) mass is 1080 g/mol. The molecule has 0 spiro atoms. The predicted molar refractivity (Wildman–Crippen MR) is 302 cm³/mol. The third kappa shape index (κ3) is 13.2. The molecule has 1 aromatic heterocycles. The molecule has 5 aromatic carbocycles. The van der Waals surface area contributed by atoms with Crippen molar-refractivity contribution in [3.63, 3.8) is 0 Å². The van der Waals surface area contributed by atoms with Crippen LogP contribution in [-0.2, 0) is 27.8 Å². The molecule has 4 heterocycles. The summed E-state index contributed by atoms with van der Waals surface area (Å²) in [4.78, 5) is 26.6. The molecule has 9 rings (SSSR count). The molecule has 18 heteroatoms. The van der Waals surface area contributed by atoms with Crippen molar-refractivity contribution < 1.29 is 31.1 Å². The summed E-state index contributed by atoms with van der Waals surface area (Å²) in [7, 11) is -4.52. The van der Waals surface area contributed by atoms with E-state index in [4.69, 9.17) is 0 Å². The lowest BCUT2D eigenvalue weighted by atomic mass is 9.94. The van der Waals surface area contributed by atoms with Crippen LogP contribution in [0, 0.1) is 19.7 Å². The molecule has 0 radical (unpaired) electrons. The number of sulfonamides is 1. The Morgan fingerprint density at radius 3 is 2.08 bits per heavy atom. The number of carbonyl (C=O) groups excluding carboxylic acids is 1. The Bertz CT molecular complexity index is 3120. The van der Waals surface area contributed by atoms with Crippen molar-refractivity contribution in [1.82, 2.24) is 19.3 Å². The van der Waals surface area contributed by atoms with E-state index in [2.05, 4.69) is 49.0 Å². The zero-order chi connectivity index (χ0) is 52.9. The molecule has 3 fully saturated rings. The number of thiol groups is 1. The summed E-state index contributed by atoms with van der Waals surface area (Å²) in [5.41, 5.74) is 8.19. The van der Waals surface area contributed by atoms with Crippen LogP contribution < -0.4 is 19.8 Å². The number of aryl methyl sites for hydroxylation is 1. The van der Waals surface area contributed by atoms with Crippen molar-refractivity contribution in [1.29, 1.82) is 0 Å². The van der Waals surface area contributed by atoms with Crippen LogP contribution in [0.15, 0.2) is 131 Å². The molecule has 3 aliphatic rings. The summed E-state index contributed by atoms with van der Waals surface area (Å²) in [6.45, 7) is 13.1. The van der Waals surface area contributed by atoms with Gasteiger partial charge in [0.1, 0.15) is 5.82 Å². The normalized spacial score (nSPS) is 17.1. The molecule has 6 aromatic rings. The summed E-state index contributed by atoms with van der Waals surface area (Å²) in [5.74, 6) is 0.347. The predicted octanol–water partition coefficient (Wildman–Crippen LogP) is 8.38. The number of nitrogens with zero attached hydrogens (tertiary/aromatic N) is 6. The first-order valence-corrected chi connectivity index (χ1v) is 29.6. The Hall–Kier alpha value is -5.89. The van der Waals surface area contributed by atoms with Crippen molar-refractivity contribution in [3.05, 3.63) is 144 Å². The van der Waals surface area contributed by atoms with Crippen molar-refractivity contribution in [2.75, 3.05) is 103 Å². The van der Waals surface area contributed by atoms with Crippen LogP contribution in [0.1, 0.15) is 47.8 Å². The van der Waals surface area contributed by atoms with Gasteiger partial charge in [-0.05, 0) is 148 Å². The summed E-state index contributed by atoms with van der Waals surface area (Å²) < 4.78 is 69.5. The summed E-state index contributed by atoms with van der Waals surface area (Å²) in [5, 5.41) is 14.2. The zero-order valence-electron chi connectivity index (χ0n) is 43.3. The average molecular weight is 1080 g/mol. The van der Waals surface area contributed by atoms with Gasteiger partial charge in [-0.2, -0.15) is 0 Å². The van der Waals surface area contributed by atoms with Crippen LogP contribution in [0.5, 0.6) is 0 Å². The smallest absolute Gasteiger partial charge is 0.261 e. The molecule has 3 N–H and O–H groups in total. The lowest BCUT2D eigenvalue weighted by Gasteiger charge is -2.37. The van der Waals surface area contributed by atoms with Crippen LogP contribution in [-0.4, -0.2) is 142 Å². The van der Waals surface area contributed by atoms with Gasteiger partial charge in [0, 0.05) is 130 Å². The largest absolute Gasteiger partial charge is 0.390 e. The van der Waals surface area contributed by atoms with Crippen LogP contribution in [0.25, 0.3) is 22.4 Å². The number of piperidine rings is 1. The number of thioether (sulfide) groups is 1. The third-order valence-electron chi connectivity index (χ3n) is 15.0. The highest BCUT2D eigenvalue weighted by atomic mass is 32.2. The fourth-order valence-corrected chi connectivity index (χ4v) is 13.2. The summed E-state index contributed by atoms with van der Waals surface area (Å²) in [6.07, 6.45) is 2.44. The number of carbonyl (C=O) groups is 1. The maximum absolute atomic E-state index is 14.5. The molecule has 0 aliphatic carbocycles. The third-order valence-corrected chi connectivity index (χ3v) is 18.2. The van der Waals surface area contributed by atoms with E-state index < -0.39 is 26.3 Å². The van der Waals surface area contributed by atoms with Gasteiger partial charge in [-0.15, -0.1) is 11.8 Å². The van der Waals surface area contributed by atoms with Gasteiger partial charge < -0.3 is 34.6 Å². The molecule has 1 atom stereocenters. The average Bonchev–Trinajstić information content (AvgIpc) is 3.67. The number of anilines is 4. The van der Waals surface area contributed by atoms with Crippen LogP contribution in [0.2, 0.25) is 0 Å². The van der Waals surface area contributed by atoms with E-state index in [9.17, 15) is 31.1 Å². The van der Waals surface area contributed by atoms with Gasteiger partial charge in [-0.3, -0.25) is 14.4 Å². The molecular weight excluding hydrogens is 1010 g/mol. The van der Waals surface area contributed by atoms with Gasteiger partial charge in [0.2, 0.25) is 0 Å². The molecule has 14 nitrogen and oxygen atoms in total. The second kappa shape index (κ2) is 23.6. The van der Waals surface area contributed by atoms with E-state index in [1.807, 2.05) is 85.8 Å². The minimum atomic E-state index is -3.89. The standard InChI is InChI=1S/C57H69FN8O6S3/c1-41-37-51(21-22-52(41)59-47(39-73-50-11-6-5-7-12-50)23-26-62-27-24-57(3,68)25-28-62)75(71,72)60-46-17-19-48(20-18-46)64-33-35-65(36-34-64)49-10-8-9-44(38-49)54-53(56(67)66-31-29-63(30-32-66)40-74(69)70)42(2)61(4)55(54)43-13-15-45(58)16-14-43/h5-22,37-38,47,59-60,68,74H,23-36,39-40H2,1-4H3/t47-/m1/s1. The molecule has 1 amide bonds. The van der Waals surface area contributed by atoms with E-state index in [0.29, 0.717) is 37.4 Å². The molecule has 3 aliphatic heterocycles. The Kier molecular flexibility index (Phi) is 16.9. The van der Waals surface area contributed by atoms with E-state index in [1.54, 1.807) is 53.1 Å². The Labute approximate surface area is 447 Å². The van der Waals surface area contributed by atoms with Crippen LogP contribution in [0.4, 0.5) is 27.1 Å². The van der Waals surface area contributed by atoms with E-state index in [0.717, 1.165) is 122 Å². The van der Waals surface area contributed by atoms with Crippen molar-refractivity contribution >= 4 is 61.1 Å².